The van der Waals surface area contributed by atoms with Crippen molar-refractivity contribution in [2.24, 2.45) is 0 Å². The summed E-state index contributed by atoms with van der Waals surface area (Å²) in [5.41, 5.74) is 0. The molecule has 4 nitrogen and oxygen atoms in total. The Kier molecular flexibility index (Phi) is 5.56. The zero-order valence-electron chi connectivity index (χ0n) is 6.71. The van der Waals surface area contributed by atoms with Gasteiger partial charge in [-0.05, 0) is 19.3 Å². The summed E-state index contributed by atoms with van der Waals surface area (Å²) in [5.74, 6) is 0. The Morgan fingerprint density at radius 1 is 1.64 bits per heavy atom. The minimum atomic E-state index is -1.00. The van der Waals surface area contributed by atoms with Gasteiger partial charge in [-0.3, -0.25) is 0 Å². The molecule has 1 unspecified atom stereocenters. The van der Waals surface area contributed by atoms with Gasteiger partial charge in [0.25, 0.3) is 0 Å². The summed E-state index contributed by atoms with van der Waals surface area (Å²) >= 11 is 0. The van der Waals surface area contributed by atoms with Crippen molar-refractivity contribution in [1.29, 1.82) is 0 Å². The predicted molar refractivity (Wildman–Crippen MR) is 41.6 cm³/mol. The topological polar surface area (TPSA) is 69.6 Å². The van der Waals surface area contributed by atoms with Crippen LogP contribution in [0.1, 0.15) is 26.2 Å². The summed E-state index contributed by atoms with van der Waals surface area (Å²) in [7, 11) is 0. The summed E-state index contributed by atoms with van der Waals surface area (Å²) in [6.07, 6.45) is 0.798. The summed E-state index contributed by atoms with van der Waals surface area (Å²) in [6, 6.07) is 0. The molecule has 11 heavy (non-hydrogen) atoms. The minimum absolute atomic E-state index is 0.286. The van der Waals surface area contributed by atoms with E-state index in [0.717, 1.165) is 6.42 Å². The highest BCUT2D eigenvalue weighted by atomic mass is 16.4. The van der Waals surface area contributed by atoms with Crippen LogP contribution in [0.2, 0.25) is 0 Å². The first-order valence-electron chi connectivity index (χ1n) is 3.81. The van der Waals surface area contributed by atoms with Crippen molar-refractivity contribution in [1.82, 2.24) is 5.32 Å². The second-order valence-corrected chi connectivity index (χ2v) is 2.44. The van der Waals surface area contributed by atoms with Crippen molar-refractivity contribution in [3.8, 4) is 0 Å². The maximum absolute atomic E-state index is 9.94. The smallest absolute Gasteiger partial charge is 0.404 e. The molecule has 66 valence electrons. The van der Waals surface area contributed by atoms with Gasteiger partial charge in [0.05, 0.1) is 6.10 Å². The highest BCUT2D eigenvalue weighted by molar-refractivity contribution is 5.64. The minimum Gasteiger partial charge on any atom is -0.465 e. The van der Waals surface area contributed by atoms with E-state index in [-0.39, 0.29) is 6.10 Å². The number of rotatable bonds is 5. The lowest BCUT2D eigenvalue weighted by Gasteiger charge is -2.06. The lowest BCUT2D eigenvalue weighted by atomic mass is 10.1. The average molecular weight is 161 g/mol. The van der Waals surface area contributed by atoms with Crippen molar-refractivity contribution in [3.05, 3.63) is 0 Å². The van der Waals surface area contributed by atoms with Crippen LogP contribution in [-0.2, 0) is 0 Å². The Morgan fingerprint density at radius 2 is 2.27 bits per heavy atom. The number of carbonyl (C=O) groups is 1. The van der Waals surface area contributed by atoms with Gasteiger partial charge in [0.2, 0.25) is 0 Å². The Balaban J connectivity index is 3.08. The molecular formula is C7H15NO3. The Morgan fingerprint density at radius 3 is 2.73 bits per heavy atom. The molecule has 0 aliphatic rings. The van der Waals surface area contributed by atoms with E-state index >= 15 is 0 Å². The van der Waals surface area contributed by atoms with Crippen molar-refractivity contribution in [2.75, 3.05) is 6.54 Å². The molecule has 1 amide bonds. The van der Waals surface area contributed by atoms with Crippen LogP contribution in [0.15, 0.2) is 0 Å². The molecule has 4 heteroatoms. The summed E-state index contributed by atoms with van der Waals surface area (Å²) in [6.45, 7) is 2.32. The SMILES string of the molecule is CCC(O)CCCNC(=O)O. The lowest BCUT2D eigenvalue weighted by molar-refractivity contribution is 0.156. The molecule has 0 rings (SSSR count). The van der Waals surface area contributed by atoms with Crippen LogP contribution < -0.4 is 5.32 Å². The quantitative estimate of drug-likeness (QED) is 0.522. The van der Waals surface area contributed by atoms with E-state index in [1.807, 2.05) is 6.92 Å². The van der Waals surface area contributed by atoms with E-state index < -0.39 is 6.09 Å². The monoisotopic (exact) mass is 161 g/mol. The van der Waals surface area contributed by atoms with Gasteiger partial charge in [0.1, 0.15) is 0 Å². The highest BCUT2D eigenvalue weighted by Crippen LogP contribution is 1.98. The molecule has 0 saturated heterocycles. The van der Waals surface area contributed by atoms with Gasteiger partial charge < -0.3 is 15.5 Å². The van der Waals surface area contributed by atoms with Gasteiger partial charge in [0.15, 0.2) is 0 Å². The maximum atomic E-state index is 9.94. The van der Waals surface area contributed by atoms with Gasteiger partial charge in [-0.2, -0.15) is 0 Å². The van der Waals surface area contributed by atoms with Crippen LogP contribution >= 0.6 is 0 Å². The Bertz CT molecular complexity index is 116. The fourth-order valence-corrected chi connectivity index (χ4v) is 0.737. The van der Waals surface area contributed by atoms with Crippen molar-refractivity contribution in [2.45, 2.75) is 32.3 Å². The lowest BCUT2D eigenvalue weighted by Crippen LogP contribution is -2.22. The first-order chi connectivity index (χ1) is 5.16. The predicted octanol–water partition coefficient (Wildman–Crippen LogP) is 0.805. The Hall–Kier alpha value is -0.770. The van der Waals surface area contributed by atoms with Crippen LogP contribution in [0.4, 0.5) is 4.79 Å². The number of hydrogen-bond donors (Lipinski definition) is 3. The third kappa shape index (κ3) is 7.12. The van der Waals surface area contributed by atoms with Gasteiger partial charge in [-0.25, -0.2) is 4.79 Å². The number of amides is 1. The molecular weight excluding hydrogens is 146 g/mol. The van der Waals surface area contributed by atoms with Gasteiger partial charge in [-0.1, -0.05) is 6.92 Å². The molecule has 0 aromatic carbocycles. The van der Waals surface area contributed by atoms with Crippen molar-refractivity contribution >= 4 is 6.09 Å². The van der Waals surface area contributed by atoms with Crippen LogP contribution in [0, 0.1) is 0 Å². The van der Waals surface area contributed by atoms with E-state index in [0.29, 0.717) is 19.4 Å². The molecule has 0 fully saturated rings. The number of carboxylic acid groups (broad SMARTS) is 1. The maximum Gasteiger partial charge on any atom is 0.404 e. The standard InChI is InChI=1S/C7H15NO3/c1-2-6(9)4-3-5-8-7(10)11/h6,8-9H,2-5H2,1H3,(H,10,11). The van der Waals surface area contributed by atoms with Crippen molar-refractivity contribution < 1.29 is 15.0 Å². The van der Waals surface area contributed by atoms with E-state index in [1.165, 1.54) is 0 Å². The molecule has 0 heterocycles. The molecule has 0 aliphatic carbocycles. The molecule has 0 bridgehead atoms. The second kappa shape index (κ2) is 5.97. The van der Waals surface area contributed by atoms with E-state index in [4.69, 9.17) is 10.2 Å². The van der Waals surface area contributed by atoms with E-state index in [1.54, 1.807) is 0 Å². The number of aliphatic hydroxyl groups excluding tert-OH is 1. The molecule has 0 radical (unpaired) electrons. The molecule has 0 aromatic heterocycles. The Labute approximate surface area is 66.2 Å². The van der Waals surface area contributed by atoms with E-state index in [2.05, 4.69) is 5.32 Å². The second-order valence-electron chi connectivity index (χ2n) is 2.44. The molecule has 0 saturated carbocycles. The molecule has 0 aromatic rings. The normalized spacial score (nSPS) is 12.5. The zero-order valence-corrected chi connectivity index (χ0v) is 6.71. The molecule has 1 atom stereocenters. The third-order valence-electron chi connectivity index (χ3n) is 1.46. The van der Waals surface area contributed by atoms with E-state index in [9.17, 15) is 4.79 Å². The largest absolute Gasteiger partial charge is 0.465 e. The zero-order chi connectivity index (χ0) is 8.69. The number of aliphatic hydroxyl groups is 1. The first kappa shape index (κ1) is 10.2. The molecule has 0 aliphatic heterocycles. The van der Waals surface area contributed by atoms with Crippen molar-refractivity contribution in [3.63, 3.8) is 0 Å². The number of nitrogens with one attached hydrogen (secondary N) is 1. The van der Waals surface area contributed by atoms with Crippen LogP contribution in [0.3, 0.4) is 0 Å². The fraction of sp³-hybridized carbons (Fsp3) is 0.857. The van der Waals surface area contributed by atoms with Gasteiger partial charge in [-0.15, -0.1) is 0 Å². The average Bonchev–Trinajstić information content (AvgIpc) is 1.97. The first-order valence-corrected chi connectivity index (χ1v) is 3.81. The number of hydrogen-bond acceptors (Lipinski definition) is 2. The summed E-state index contributed by atoms with van der Waals surface area (Å²) in [5, 5.41) is 19.4. The summed E-state index contributed by atoms with van der Waals surface area (Å²) < 4.78 is 0. The highest BCUT2D eigenvalue weighted by Gasteiger charge is 2.00. The summed E-state index contributed by atoms with van der Waals surface area (Å²) in [4.78, 5) is 9.94. The van der Waals surface area contributed by atoms with Gasteiger partial charge in [0, 0.05) is 6.54 Å². The van der Waals surface area contributed by atoms with Crippen LogP contribution in [-0.4, -0.2) is 29.0 Å². The van der Waals surface area contributed by atoms with Gasteiger partial charge >= 0.3 is 6.09 Å². The molecule has 3 N–H and O–H groups in total. The van der Waals surface area contributed by atoms with Crippen LogP contribution in [0.5, 0.6) is 0 Å². The molecule has 0 spiro atoms. The van der Waals surface area contributed by atoms with Crippen LogP contribution in [0.25, 0.3) is 0 Å². The third-order valence-corrected chi connectivity index (χ3v) is 1.46. The fourth-order valence-electron chi connectivity index (χ4n) is 0.737.